The van der Waals surface area contributed by atoms with Crippen molar-refractivity contribution in [3.05, 3.63) is 98.7 Å². The highest BCUT2D eigenvalue weighted by atomic mass is 32.1. The van der Waals surface area contributed by atoms with Crippen molar-refractivity contribution in [2.45, 2.75) is 25.9 Å². The lowest BCUT2D eigenvalue weighted by Crippen LogP contribution is -2.31. The minimum atomic E-state index is -0.198. The smallest absolute Gasteiger partial charge is 0.261 e. The predicted molar refractivity (Wildman–Crippen MR) is 116 cm³/mol. The lowest BCUT2D eigenvalue weighted by atomic mass is 10.1. The summed E-state index contributed by atoms with van der Waals surface area (Å²) in [6, 6.07) is 21.0. The number of para-hydroxylation sites is 1. The van der Waals surface area contributed by atoms with Crippen LogP contribution >= 0.6 is 11.3 Å². The van der Waals surface area contributed by atoms with Crippen LogP contribution in [0.15, 0.2) is 76.9 Å². The molecule has 0 saturated carbocycles. The van der Waals surface area contributed by atoms with Crippen molar-refractivity contribution in [3.8, 4) is 0 Å². The average molecular weight is 404 g/mol. The Balaban J connectivity index is 1.52. The molecule has 1 N–H and O–H groups in total. The fourth-order valence-electron chi connectivity index (χ4n) is 3.41. The SMILES string of the molecule is Cc1nc2ccccc2c(=O)n1CCC(=O)N[C@@H](c1ccccc1)c1cccs1. The maximum Gasteiger partial charge on any atom is 0.261 e. The molecule has 4 rings (SSSR count). The fourth-order valence-corrected chi connectivity index (χ4v) is 4.21. The van der Waals surface area contributed by atoms with Crippen molar-refractivity contribution in [1.82, 2.24) is 14.9 Å². The van der Waals surface area contributed by atoms with Crippen LogP contribution in [-0.4, -0.2) is 15.5 Å². The second kappa shape index (κ2) is 8.41. The summed E-state index contributed by atoms with van der Waals surface area (Å²) in [4.78, 5) is 31.1. The molecule has 1 atom stereocenters. The third-order valence-corrected chi connectivity index (χ3v) is 5.82. The summed E-state index contributed by atoms with van der Waals surface area (Å²) in [6.45, 7) is 2.09. The van der Waals surface area contributed by atoms with Crippen LogP contribution in [0.25, 0.3) is 10.9 Å². The highest BCUT2D eigenvalue weighted by Crippen LogP contribution is 2.26. The van der Waals surface area contributed by atoms with Gasteiger partial charge in [0, 0.05) is 17.8 Å². The topological polar surface area (TPSA) is 64.0 Å². The van der Waals surface area contributed by atoms with Crippen molar-refractivity contribution in [1.29, 1.82) is 0 Å². The zero-order valence-corrected chi connectivity index (χ0v) is 16.9. The zero-order valence-electron chi connectivity index (χ0n) is 16.0. The number of aromatic nitrogens is 2. The van der Waals surface area contributed by atoms with Crippen molar-refractivity contribution in [2.75, 3.05) is 0 Å². The van der Waals surface area contributed by atoms with Gasteiger partial charge < -0.3 is 5.32 Å². The van der Waals surface area contributed by atoms with E-state index in [2.05, 4.69) is 10.3 Å². The summed E-state index contributed by atoms with van der Waals surface area (Å²) in [5.41, 5.74) is 1.60. The highest BCUT2D eigenvalue weighted by Gasteiger charge is 2.18. The lowest BCUT2D eigenvalue weighted by Gasteiger charge is -2.18. The first-order chi connectivity index (χ1) is 14.1. The number of hydrogen-bond donors (Lipinski definition) is 1. The number of amides is 1. The molecule has 1 amide bonds. The summed E-state index contributed by atoms with van der Waals surface area (Å²) in [5, 5.41) is 5.69. The molecular formula is C23H21N3O2S. The van der Waals surface area contributed by atoms with E-state index in [4.69, 9.17) is 0 Å². The Morgan fingerprint density at radius 2 is 1.83 bits per heavy atom. The second-order valence-corrected chi connectivity index (χ2v) is 7.79. The number of aryl methyl sites for hydroxylation is 1. The third kappa shape index (κ3) is 4.12. The molecule has 4 aromatic rings. The molecule has 0 aliphatic heterocycles. The van der Waals surface area contributed by atoms with Crippen LogP contribution < -0.4 is 10.9 Å². The van der Waals surface area contributed by atoms with E-state index in [0.717, 1.165) is 10.4 Å². The molecule has 0 aliphatic rings. The second-order valence-electron chi connectivity index (χ2n) is 6.81. The lowest BCUT2D eigenvalue weighted by molar-refractivity contribution is -0.121. The molecule has 0 saturated heterocycles. The van der Waals surface area contributed by atoms with E-state index in [-0.39, 0.29) is 23.9 Å². The first-order valence-electron chi connectivity index (χ1n) is 9.47. The number of rotatable bonds is 6. The molecule has 2 aromatic heterocycles. The Morgan fingerprint density at radius 1 is 1.07 bits per heavy atom. The monoisotopic (exact) mass is 403 g/mol. The van der Waals surface area contributed by atoms with E-state index in [1.54, 1.807) is 28.9 Å². The summed E-state index contributed by atoms with van der Waals surface area (Å²) in [6.07, 6.45) is 0.204. The van der Waals surface area contributed by atoms with Gasteiger partial charge in [-0.15, -0.1) is 11.3 Å². The van der Waals surface area contributed by atoms with Gasteiger partial charge in [0.1, 0.15) is 5.82 Å². The van der Waals surface area contributed by atoms with Crippen molar-refractivity contribution in [3.63, 3.8) is 0 Å². The molecule has 29 heavy (non-hydrogen) atoms. The Bertz CT molecular complexity index is 1180. The highest BCUT2D eigenvalue weighted by molar-refractivity contribution is 7.10. The number of benzene rings is 2. The van der Waals surface area contributed by atoms with Crippen LogP contribution in [-0.2, 0) is 11.3 Å². The normalized spacial score (nSPS) is 12.0. The van der Waals surface area contributed by atoms with Gasteiger partial charge in [0.25, 0.3) is 5.56 Å². The van der Waals surface area contributed by atoms with E-state index >= 15 is 0 Å². The Morgan fingerprint density at radius 3 is 2.59 bits per heavy atom. The summed E-state index contributed by atoms with van der Waals surface area (Å²) in [5.74, 6) is 0.506. The molecule has 0 fully saturated rings. The fraction of sp³-hybridized carbons (Fsp3) is 0.174. The molecule has 5 nitrogen and oxygen atoms in total. The number of nitrogens with zero attached hydrogens (tertiary/aromatic N) is 2. The Kier molecular flexibility index (Phi) is 5.53. The van der Waals surface area contributed by atoms with Crippen LogP contribution in [0.3, 0.4) is 0 Å². The van der Waals surface area contributed by atoms with Crippen LogP contribution in [0.1, 0.15) is 28.7 Å². The van der Waals surface area contributed by atoms with Crippen LogP contribution in [0.4, 0.5) is 0 Å². The van der Waals surface area contributed by atoms with Crippen LogP contribution in [0, 0.1) is 6.92 Å². The van der Waals surface area contributed by atoms with Crippen LogP contribution in [0.2, 0.25) is 0 Å². The molecule has 2 heterocycles. The summed E-state index contributed by atoms with van der Waals surface area (Å²) < 4.78 is 1.57. The standard InChI is InChI=1S/C23H21N3O2S/c1-16-24-19-11-6-5-10-18(19)23(28)26(16)14-13-21(27)25-22(20-12-7-15-29-20)17-8-3-2-4-9-17/h2-12,15,22H,13-14H2,1H3,(H,25,27)/t22-/m0/s1. The molecule has 2 aromatic carbocycles. The first-order valence-corrected chi connectivity index (χ1v) is 10.4. The number of fused-ring (bicyclic) bond motifs is 1. The number of nitrogens with one attached hydrogen (secondary N) is 1. The number of thiophene rings is 1. The van der Waals surface area contributed by atoms with E-state index in [9.17, 15) is 9.59 Å². The molecule has 0 spiro atoms. The Hall–Kier alpha value is -3.25. The minimum Gasteiger partial charge on any atom is -0.344 e. The molecular weight excluding hydrogens is 382 g/mol. The van der Waals surface area contributed by atoms with Gasteiger partial charge in [-0.1, -0.05) is 48.5 Å². The summed E-state index contributed by atoms with van der Waals surface area (Å²) in [7, 11) is 0. The molecule has 0 radical (unpaired) electrons. The van der Waals surface area contributed by atoms with Crippen LogP contribution in [0.5, 0.6) is 0 Å². The Labute approximate surface area is 172 Å². The van der Waals surface area contributed by atoms with Gasteiger partial charge in [0.05, 0.1) is 16.9 Å². The first kappa shape index (κ1) is 19.1. The van der Waals surface area contributed by atoms with E-state index in [1.807, 2.05) is 66.0 Å². The van der Waals surface area contributed by atoms with Gasteiger partial charge >= 0.3 is 0 Å². The maximum absolute atomic E-state index is 12.8. The number of carbonyl (C=O) groups excluding carboxylic acids is 1. The predicted octanol–water partition coefficient (Wildman–Crippen LogP) is 4.06. The minimum absolute atomic E-state index is 0.105. The molecule has 6 heteroatoms. The van der Waals surface area contributed by atoms with E-state index < -0.39 is 0 Å². The van der Waals surface area contributed by atoms with Crippen molar-refractivity contribution in [2.24, 2.45) is 0 Å². The van der Waals surface area contributed by atoms with E-state index in [1.165, 1.54) is 0 Å². The van der Waals surface area contributed by atoms with Gasteiger partial charge in [-0.25, -0.2) is 4.98 Å². The van der Waals surface area contributed by atoms with Gasteiger partial charge in [-0.05, 0) is 36.1 Å². The maximum atomic E-state index is 12.8. The van der Waals surface area contributed by atoms with Gasteiger partial charge in [0.15, 0.2) is 0 Å². The average Bonchev–Trinajstić information content (AvgIpc) is 3.27. The van der Waals surface area contributed by atoms with Gasteiger partial charge in [-0.3, -0.25) is 14.2 Å². The summed E-state index contributed by atoms with van der Waals surface area (Å²) >= 11 is 1.61. The third-order valence-electron chi connectivity index (χ3n) is 4.88. The quantitative estimate of drug-likeness (QED) is 0.528. The van der Waals surface area contributed by atoms with Gasteiger partial charge in [0.2, 0.25) is 5.91 Å². The van der Waals surface area contributed by atoms with Gasteiger partial charge in [-0.2, -0.15) is 0 Å². The van der Waals surface area contributed by atoms with E-state index in [0.29, 0.717) is 23.3 Å². The largest absolute Gasteiger partial charge is 0.344 e. The molecule has 0 aliphatic carbocycles. The molecule has 146 valence electrons. The number of carbonyl (C=O) groups is 1. The molecule has 0 unspecified atom stereocenters. The van der Waals surface area contributed by atoms with Crippen molar-refractivity contribution >= 4 is 28.1 Å². The van der Waals surface area contributed by atoms with Crippen molar-refractivity contribution < 1.29 is 4.79 Å². The number of hydrogen-bond acceptors (Lipinski definition) is 4. The zero-order chi connectivity index (χ0) is 20.2. The molecule has 0 bridgehead atoms.